The second-order valence-electron chi connectivity index (χ2n) is 5.60. The lowest BCUT2D eigenvalue weighted by molar-refractivity contribution is 0.0976. The SMILES string of the molecule is N#CC1C(NC(=S)NC(=O)c2ccccc2)NNC1c1ccccc1. The third kappa shape index (κ3) is 4.00. The third-order valence-electron chi connectivity index (χ3n) is 3.97. The van der Waals surface area contributed by atoms with Crippen molar-refractivity contribution < 1.29 is 4.79 Å². The number of nitrogens with zero attached hydrogens (tertiary/aromatic N) is 1. The van der Waals surface area contributed by atoms with E-state index in [1.54, 1.807) is 24.3 Å². The Labute approximate surface area is 151 Å². The summed E-state index contributed by atoms with van der Waals surface area (Å²) in [5, 5.41) is 15.3. The maximum absolute atomic E-state index is 12.1. The van der Waals surface area contributed by atoms with Crippen LogP contribution < -0.4 is 21.5 Å². The number of amides is 1. The van der Waals surface area contributed by atoms with Crippen LogP contribution in [-0.2, 0) is 0 Å². The van der Waals surface area contributed by atoms with E-state index in [1.165, 1.54) is 0 Å². The van der Waals surface area contributed by atoms with Gasteiger partial charge in [-0.3, -0.25) is 10.1 Å². The highest BCUT2D eigenvalue weighted by Crippen LogP contribution is 2.26. The van der Waals surface area contributed by atoms with E-state index in [1.807, 2.05) is 36.4 Å². The molecule has 1 heterocycles. The van der Waals surface area contributed by atoms with E-state index in [9.17, 15) is 10.1 Å². The van der Waals surface area contributed by atoms with Gasteiger partial charge in [0.1, 0.15) is 12.1 Å². The van der Waals surface area contributed by atoms with Crippen LogP contribution in [0.4, 0.5) is 0 Å². The Bertz CT molecular complexity index is 790. The molecule has 0 radical (unpaired) electrons. The Morgan fingerprint density at radius 2 is 1.68 bits per heavy atom. The summed E-state index contributed by atoms with van der Waals surface area (Å²) >= 11 is 5.20. The molecule has 2 aromatic carbocycles. The van der Waals surface area contributed by atoms with Crippen molar-refractivity contribution in [1.82, 2.24) is 21.5 Å². The molecule has 1 aliphatic rings. The summed E-state index contributed by atoms with van der Waals surface area (Å²) in [6.45, 7) is 0. The summed E-state index contributed by atoms with van der Waals surface area (Å²) in [6.07, 6.45) is -0.418. The lowest BCUT2D eigenvalue weighted by Gasteiger charge is -2.19. The quantitative estimate of drug-likeness (QED) is 0.628. The van der Waals surface area contributed by atoms with Crippen LogP contribution in [0.25, 0.3) is 0 Å². The molecule has 6 nitrogen and oxygen atoms in total. The first kappa shape index (κ1) is 17.0. The Morgan fingerprint density at radius 1 is 1.04 bits per heavy atom. The number of carbonyl (C=O) groups is 1. The van der Waals surface area contributed by atoms with Crippen molar-refractivity contribution in [2.24, 2.45) is 5.92 Å². The molecule has 126 valence electrons. The number of hydrazine groups is 1. The van der Waals surface area contributed by atoms with Gasteiger partial charge in [-0.25, -0.2) is 10.9 Å². The van der Waals surface area contributed by atoms with Gasteiger partial charge in [-0.15, -0.1) is 0 Å². The highest BCUT2D eigenvalue weighted by atomic mass is 32.1. The largest absolute Gasteiger partial charge is 0.345 e. The number of thiocarbonyl (C=S) groups is 1. The van der Waals surface area contributed by atoms with E-state index in [0.29, 0.717) is 5.56 Å². The van der Waals surface area contributed by atoms with Gasteiger partial charge in [0.05, 0.1) is 12.1 Å². The minimum absolute atomic E-state index is 0.169. The summed E-state index contributed by atoms with van der Waals surface area (Å²) < 4.78 is 0. The van der Waals surface area contributed by atoms with Gasteiger partial charge >= 0.3 is 0 Å². The second-order valence-corrected chi connectivity index (χ2v) is 6.01. The van der Waals surface area contributed by atoms with E-state index in [4.69, 9.17) is 12.2 Å². The molecule has 1 amide bonds. The average Bonchev–Trinajstić information content (AvgIpc) is 3.05. The number of benzene rings is 2. The van der Waals surface area contributed by atoms with Crippen molar-refractivity contribution in [2.45, 2.75) is 12.2 Å². The van der Waals surface area contributed by atoms with Crippen LogP contribution >= 0.6 is 12.2 Å². The van der Waals surface area contributed by atoms with Crippen LogP contribution in [0.1, 0.15) is 22.0 Å². The molecule has 3 unspecified atom stereocenters. The number of rotatable bonds is 3. The topological polar surface area (TPSA) is 89.0 Å². The maximum Gasteiger partial charge on any atom is 0.257 e. The van der Waals surface area contributed by atoms with Gasteiger partial charge in [0.25, 0.3) is 5.91 Å². The fourth-order valence-electron chi connectivity index (χ4n) is 2.72. The molecular formula is C18H17N5OS. The van der Waals surface area contributed by atoms with Crippen LogP contribution in [0.3, 0.4) is 0 Å². The number of nitriles is 1. The molecule has 3 rings (SSSR count). The van der Waals surface area contributed by atoms with E-state index in [2.05, 4.69) is 27.6 Å². The van der Waals surface area contributed by atoms with Gasteiger partial charge in [-0.2, -0.15) is 5.26 Å². The summed E-state index contributed by atoms with van der Waals surface area (Å²) in [7, 11) is 0. The first-order valence-electron chi connectivity index (χ1n) is 7.81. The molecule has 1 fully saturated rings. The zero-order valence-corrected chi connectivity index (χ0v) is 14.1. The lowest BCUT2D eigenvalue weighted by atomic mass is 9.94. The van der Waals surface area contributed by atoms with E-state index in [-0.39, 0.29) is 17.1 Å². The Balaban J connectivity index is 1.62. The molecular weight excluding hydrogens is 334 g/mol. The molecule has 0 aromatic heterocycles. The van der Waals surface area contributed by atoms with E-state index >= 15 is 0 Å². The Hall–Kier alpha value is -2.79. The maximum atomic E-state index is 12.1. The van der Waals surface area contributed by atoms with Crippen molar-refractivity contribution >= 4 is 23.2 Å². The fourth-order valence-corrected chi connectivity index (χ4v) is 2.94. The predicted octanol–water partition coefficient (Wildman–Crippen LogP) is 1.61. The molecule has 25 heavy (non-hydrogen) atoms. The first-order valence-corrected chi connectivity index (χ1v) is 8.22. The summed E-state index contributed by atoms with van der Waals surface area (Å²) in [5.74, 6) is -0.689. The smallest absolute Gasteiger partial charge is 0.257 e. The van der Waals surface area contributed by atoms with E-state index < -0.39 is 12.1 Å². The Kier molecular flexibility index (Phi) is 5.36. The molecule has 0 saturated carbocycles. The predicted molar refractivity (Wildman–Crippen MR) is 98.0 cm³/mol. The van der Waals surface area contributed by atoms with Crippen molar-refractivity contribution in [3.8, 4) is 6.07 Å². The number of nitrogens with one attached hydrogen (secondary N) is 4. The molecule has 0 spiro atoms. The monoisotopic (exact) mass is 351 g/mol. The molecule has 1 saturated heterocycles. The van der Waals surface area contributed by atoms with Gasteiger partial charge in [0.15, 0.2) is 5.11 Å². The van der Waals surface area contributed by atoms with Gasteiger partial charge in [-0.1, -0.05) is 48.5 Å². The van der Waals surface area contributed by atoms with Gasteiger partial charge in [-0.05, 0) is 29.9 Å². The standard InChI is InChI=1S/C18H17N5OS/c19-11-14-15(12-7-3-1-4-8-12)22-23-16(14)20-18(25)21-17(24)13-9-5-2-6-10-13/h1-10,14-16,22-23H,(H2,20,21,24,25). The minimum atomic E-state index is -0.418. The molecule has 0 bridgehead atoms. The number of hydrogen-bond acceptors (Lipinski definition) is 5. The highest BCUT2D eigenvalue weighted by Gasteiger charge is 2.37. The molecule has 3 atom stereocenters. The van der Waals surface area contributed by atoms with Crippen molar-refractivity contribution in [1.29, 1.82) is 5.26 Å². The van der Waals surface area contributed by atoms with Crippen molar-refractivity contribution in [3.63, 3.8) is 0 Å². The van der Waals surface area contributed by atoms with Crippen LogP contribution in [0.15, 0.2) is 60.7 Å². The normalized spacial score (nSPS) is 22.0. The third-order valence-corrected chi connectivity index (χ3v) is 4.19. The van der Waals surface area contributed by atoms with Crippen LogP contribution in [0, 0.1) is 17.2 Å². The van der Waals surface area contributed by atoms with Gasteiger partial charge in [0.2, 0.25) is 0 Å². The first-order chi connectivity index (χ1) is 12.2. The van der Waals surface area contributed by atoms with E-state index in [0.717, 1.165) is 5.56 Å². The van der Waals surface area contributed by atoms with Crippen LogP contribution in [0.2, 0.25) is 0 Å². The second kappa shape index (κ2) is 7.85. The zero-order chi connectivity index (χ0) is 17.6. The highest BCUT2D eigenvalue weighted by molar-refractivity contribution is 7.80. The molecule has 7 heteroatoms. The molecule has 0 aliphatic carbocycles. The fraction of sp³-hybridized carbons (Fsp3) is 0.167. The zero-order valence-electron chi connectivity index (χ0n) is 13.3. The van der Waals surface area contributed by atoms with Crippen molar-refractivity contribution in [3.05, 3.63) is 71.8 Å². The summed E-state index contributed by atoms with van der Waals surface area (Å²) in [4.78, 5) is 12.1. The molecule has 2 aromatic rings. The summed E-state index contributed by atoms with van der Waals surface area (Å²) in [5.41, 5.74) is 7.66. The molecule has 4 N–H and O–H groups in total. The summed E-state index contributed by atoms with van der Waals surface area (Å²) in [6, 6.07) is 20.6. The van der Waals surface area contributed by atoms with Crippen molar-refractivity contribution in [2.75, 3.05) is 0 Å². The van der Waals surface area contributed by atoms with Crippen LogP contribution in [0.5, 0.6) is 0 Å². The number of carbonyl (C=O) groups excluding carboxylic acids is 1. The Morgan fingerprint density at radius 3 is 2.32 bits per heavy atom. The van der Waals surface area contributed by atoms with Crippen LogP contribution in [-0.4, -0.2) is 17.2 Å². The number of hydrogen-bond donors (Lipinski definition) is 4. The minimum Gasteiger partial charge on any atom is -0.345 e. The van der Waals surface area contributed by atoms with Gasteiger partial charge in [0, 0.05) is 5.56 Å². The molecule has 1 aliphatic heterocycles. The average molecular weight is 351 g/mol. The van der Waals surface area contributed by atoms with Gasteiger partial charge < -0.3 is 5.32 Å². The lowest BCUT2D eigenvalue weighted by Crippen LogP contribution is -2.51.